The highest BCUT2D eigenvalue weighted by Crippen LogP contribution is 2.34. The highest BCUT2D eigenvalue weighted by atomic mass is 16.5. The highest BCUT2D eigenvalue weighted by Gasteiger charge is 2.13. The predicted octanol–water partition coefficient (Wildman–Crippen LogP) is 1.89. The van der Waals surface area contributed by atoms with Crippen LogP contribution in [0.2, 0.25) is 0 Å². The summed E-state index contributed by atoms with van der Waals surface area (Å²) in [4.78, 5) is 10.5. The number of carbonyl (C=O) groups is 1. The van der Waals surface area contributed by atoms with E-state index in [1.807, 2.05) is 0 Å². The highest BCUT2D eigenvalue weighted by molar-refractivity contribution is 5.81. The summed E-state index contributed by atoms with van der Waals surface area (Å²) >= 11 is 0. The summed E-state index contributed by atoms with van der Waals surface area (Å²) < 4.78 is 15.5. The Morgan fingerprint density at radius 3 is 2.44 bits per heavy atom. The predicted molar refractivity (Wildman–Crippen MR) is 60.6 cm³/mol. The van der Waals surface area contributed by atoms with E-state index in [2.05, 4.69) is 0 Å². The Morgan fingerprint density at radius 2 is 1.94 bits per heavy atom. The molecule has 86 valence electrons. The van der Waals surface area contributed by atoms with Crippen LogP contribution in [0.4, 0.5) is 0 Å². The van der Waals surface area contributed by atoms with Crippen molar-refractivity contribution in [1.82, 2.24) is 0 Å². The zero-order chi connectivity index (χ0) is 12.0. The lowest BCUT2D eigenvalue weighted by Crippen LogP contribution is -1.97. The average molecular weight is 222 g/mol. The van der Waals surface area contributed by atoms with Crippen molar-refractivity contribution in [3.05, 3.63) is 29.8 Å². The normalized spacial score (nSPS) is 10.8. The molecule has 0 aliphatic rings. The van der Waals surface area contributed by atoms with E-state index in [1.54, 1.807) is 25.3 Å². The Kier molecular flexibility index (Phi) is 4.39. The molecule has 0 aliphatic carbocycles. The number of hydrogen-bond acceptors (Lipinski definition) is 4. The molecular weight excluding hydrogens is 208 g/mol. The topological polar surface area (TPSA) is 44.8 Å². The van der Waals surface area contributed by atoms with E-state index in [4.69, 9.17) is 14.2 Å². The maximum atomic E-state index is 10.5. The molecule has 0 fully saturated rings. The molecule has 1 aromatic carbocycles. The minimum Gasteiger partial charge on any atom is -0.496 e. The fourth-order valence-corrected chi connectivity index (χ4v) is 1.41. The zero-order valence-corrected chi connectivity index (χ0v) is 9.52. The van der Waals surface area contributed by atoms with Crippen molar-refractivity contribution in [2.45, 2.75) is 0 Å². The summed E-state index contributed by atoms with van der Waals surface area (Å²) in [5.74, 6) is 1.57. The van der Waals surface area contributed by atoms with Crippen molar-refractivity contribution < 1.29 is 19.0 Å². The van der Waals surface area contributed by atoms with Gasteiger partial charge in [0.25, 0.3) is 0 Å². The van der Waals surface area contributed by atoms with Crippen LogP contribution < -0.4 is 9.47 Å². The van der Waals surface area contributed by atoms with Gasteiger partial charge in [-0.1, -0.05) is 6.07 Å². The molecule has 0 bridgehead atoms. The van der Waals surface area contributed by atoms with Crippen molar-refractivity contribution >= 4 is 12.0 Å². The molecule has 16 heavy (non-hydrogen) atoms. The lowest BCUT2D eigenvalue weighted by atomic mass is 10.1. The molecule has 0 radical (unpaired) electrons. The molecule has 0 N–H and O–H groups in total. The lowest BCUT2D eigenvalue weighted by Gasteiger charge is -2.13. The molecule has 1 aromatic rings. The first-order valence-corrected chi connectivity index (χ1v) is 4.69. The number of para-hydroxylation sites is 1. The Morgan fingerprint density at radius 1 is 1.19 bits per heavy atom. The number of aldehydes is 1. The molecule has 0 spiro atoms. The van der Waals surface area contributed by atoms with E-state index in [9.17, 15) is 4.79 Å². The third-order valence-corrected chi connectivity index (χ3v) is 2.11. The molecule has 1 rings (SSSR count). The van der Waals surface area contributed by atoms with Gasteiger partial charge in [-0.05, 0) is 12.1 Å². The number of benzene rings is 1. The maximum Gasteiger partial charge on any atom is 0.171 e. The van der Waals surface area contributed by atoms with Gasteiger partial charge in [-0.3, -0.25) is 4.79 Å². The van der Waals surface area contributed by atoms with Gasteiger partial charge in [-0.25, -0.2) is 0 Å². The second kappa shape index (κ2) is 5.80. The van der Waals surface area contributed by atoms with Crippen LogP contribution in [-0.4, -0.2) is 27.6 Å². The zero-order valence-electron chi connectivity index (χ0n) is 9.52. The van der Waals surface area contributed by atoms with Crippen LogP contribution in [0.25, 0.3) is 5.76 Å². The van der Waals surface area contributed by atoms with Gasteiger partial charge < -0.3 is 14.2 Å². The monoisotopic (exact) mass is 222 g/mol. The quantitative estimate of drug-likeness (QED) is 0.433. The number of ether oxygens (including phenoxy) is 3. The number of rotatable bonds is 5. The van der Waals surface area contributed by atoms with Crippen molar-refractivity contribution in [3.63, 3.8) is 0 Å². The minimum atomic E-state index is 0.436. The molecule has 0 amide bonds. The summed E-state index contributed by atoms with van der Waals surface area (Å²) in [7, 11) is 4.58. The molecule has 0 atom stereocenters. The first-order chi connectivity index (χ1) is 7.78. The molecule has 0 unspecified atom stereocenters. The number of hydrogen-bond donors (Lipinski definition) is 0. The molecule has 0 saturated carbocycles. The van der Waals surface area contributed by atoms with Crippen LogP contribution in [-0.2, 0) is 9.53 Å². The van der Waals surface area contributed by atoms with Crippen LogP contribution in [0, 0.1) is 0 Å². The Labute approximate surface area is 94.4 Å². The van der Waals surface area contributed by atoms with Gasteiger partial charge in [-0.2, -0.15) is 0 Å². The van der Waals surface area contributed by atoms with Crippen LogP contribution in [0.1, 0.15) is 5.56 Å². The van der Waals surface area contributed by atoms with E-state index in [-0.39, 0.29) is 0 Å². The van der Waals surface area contributed by atoms with E-state index >= 15 is 0 Å². The number of methoxy groups -OCH3 is 3. The first-order valence-electron chi connectivity index (χ1n) is 4.69. The van der Waals surface area contributed by atoms with Gasteiger partial charge >= 0.3 is 0 Å². The molecule has 0 aromatic heterocycles. The maximum absolute atomic E-state index is 10.5. The summed E-state index contributed by atoms with van der Waals surface area (Å²) in [6.45, 7) is 0. The van der Waals surface area contributed by atoms with Crippen LogP contribution >= 0.6 is 0 Å². The number of carbonyl (C=O) groups excluding carboxylic acids is 1. The summed E-state index contributed by atoms with van der Waals surface area (Å²) in [6.07, 6.45) is 2.00. The van der Waals surface area contributed by atoms with Crippen molar-refractivity contribution in [1.29, 1.82) is 0 Å². The Balaban J connectivity index is 3.31. The molecule has 4 heteroatoms. The van der Waals surface area contributed by atoms with E-state index < -0.39 is 0 Å². The van der Waals surface area contributed by atoms with Gasteiger partial charge in [0.15, 0.2) is 11.5 Å². The standard InChI is InChI=1S/C12H14O4/c1-14-10(7-8-13)9-5-4-6-11(15-2)12(9)16-3/h4-8H,1-3H3. The van der Waals surface area contributed by atoms with Crippen molar-refractivity contribution in [3.8, 4) is 11.5 Å². The van der Waals surface area contributed by atoms with Crippen molar-refractivity contribution in [2.75, 3.05) is 21.3 Å². The number of allylic oxidation sites excluding steroid dienone is 1. The summed E-state index contributed by atoms with van der Waals surface area (Å²) in [5.41, 5.74) is 0.677. The minimum absolute atomic E-state index is 0.436. The summed E-state index contributed by atoms with van der Waals surface area (Å²) in [5, 5.41) is 0. The van der Waals surface area contributed by atoms with Crippen LogP contribution in [0.3, 0.4) is 0 Å². The smallest absolute Gasteiger partial charge is 0.171 e. The largest absolute Gasteiger partial charge is 0.496 e. The first kappa shape index (κ1) is 12.1. The van der Waals surface area contributed by atoms with E-state index in [0.717, 1.165) is 0 Å². The Hall–Kier alpha value is -1.97. The Bertz CT molecular complexity index is 396. The van der Waals surface area contributed by atoms with Crippen molar-refractivity contribution in [2.24, 2.45) is 0 Å². The fourth-order valence-electron chi connectivity index (χ4n) is 1.41. The van der Waals surface area contributed by atoms with Gasteiger partial charge in [0, 0.05) is 6.08 Å². The van der Waals surface area contributed by atoms with Crippen LogP contribution in [0.5, 0.6) is 11.5 Å². The van der Waals surface area contributed by atoms with Gasteiger partial charge in [0.1, 0.15) is 12.0 Å². The molecule has 0 heterocycles. The second-order valence-electron chi connectivity index (χ2n) is 2.91. The summed E-state index contributed by atoms with van der Waals surface area (Å²) in [6, 6.07) is 5.37. The fraction of sp³-hybridized carbons (Fsp3) is 0.250. The molecular formula is C12H14O4. The van der Waals surface area contributed by atoms with E-state index in [0.29, 0.717) is 29.1 Å². The third-order valence-electron chi connectivity index (χ3n) is 2.11. The van der Waals surface area contributed by atoms with E-state index in [1.165, 1.54) is 20.3 Å². The van der Waals surface area contributed by atoms with Gasteiger partial charge in [0.2, 0.25) is 0 Å². The third kappa shape index (κ3) is 2.34. The molecule has 0 saturated heterocycles. The average Bonchev–Trinajstić information content (AvgIpc) is 2.34. The van der Waals surface area contributed by atoms with Gasteiger partial charge in [0.05, 0.1) is 26.9 Å². The lowest BCUT2D eigenvalue weighted by molar-refractivity contribution is -0.104. The molecule has 0 aliphatic heterocycles. The second-order valence-corrected chi connectivity index (χ2v) is 2.91. The SMILES string of the molecule is COC(=CC=O)c1cccc(OC)c1OC. The van der Waals surface area contributed by atoms with Gasteiger partial charge in [-0.15, -0.1) is 0 Å². The van der Waals surface area contributed by atoms with Crippen LogP contribution in [0.15, 0.2) is 24.3 Å². The molecule has 4 nitrogen and oxygen atoms in total.